The molecule has 3 rings (SSSR count). The predicted octanol–water partition coefficient (Wildman–Crippen LogP) is 4.59. The van der Waals surface area contributed by atoms with E-state index in [9.17, 15) is 4.79 Å². The van der Waals surface area contributed by atoms with Crippen molar-refractivity contribution in [1.29, 1.82) is 0 Å². The summed E-state index contributed by atoms with van der Waals surface area (Å²) < 4.78 is 8.29. The van der Waals surface area contributed by atoms with Gasteiger partial charge >= 0.3 is 0 Å². The molecule has 0 aromatic carbocycles. The van der Waals surface area contributed by atoms with Gasteiger partial charge in [0.25, 0.3) is 0 Å². The molecule has 0 radical (unpaired) electrons. The Morgan fingerprint density at radius 1 is 1.35 bits per heavy atom. The molecule has 2 aliphatic carbocycles. The summed E-state index contributed by atoms with van der Waals surface area (Å²) in [5.41, 5.74) is 1.62. The molecule has 140 valence electrons. The summed E-state index contributed by atoms with van der Waals surface area (Å²) in [7, 11) is 0. The van der Waals surface area contributed by atoms with Gasteiger partial charge in [0.15, 0.2) is 6.29 Å². The standard InChI is InChI=1S/C21H29N3O2/c1-3-7-21(19(14-25)22-2)26-15-16-8-4-5-11-18(16)20-12-13-23-24(20)17-9-6-10-17/h3,7,12-14,16-18H,2,4-6,8-11,15H2,1H3. The number of aldehydes is 1. The number of hydrogen-bond acceptors (Lipinski definition) is 4. The maximum Gasteiger partial charge on any atom is 0.172 e. The summed E-state index contributed by atoms with van der Waals surface area (Å²) in [4.78, 5) is 15.0. The van der Waals surface area contributed by atoms with Crippen molar-refractivity contribution >= 4 is 13.0 Å². The Morgan fingerprint density at radius 3 is 2.81 bits per heavy atom. The van der Waals surface area contributed by atoms with Gasteiger partial charge in [0.2, 0.25) is 0 Å². The summed E-state index contributed by atoms with van der Waals surface area (Å²) in [6.45, 7) is 5.96. The molecule has 1 aromatic rings. The van der Waals surface area contributed by atoms with Crippen LogP contribution in [0.4, 0.5) is 0 Å². The van der Waals surface area contributed by atoms with Crippen LogP contribution in [0.15, 0.2) is 40.9 Å². The lowest BCUT2D eigenvalue weighted by Gasteiger charge is -2.35. The zero-order chi connectivity index (χ0) is 18.4. The highest BCUT2D eigenvalue weighted by atomic mass is 16.5. The average molecular weight is 355 g/mol. The maximum atomic E-state index is 11.2. The fourth-order valence-corrected chi connectivity index (χ4v) is 4.08. The molecule has 5 nitrogen and oxygen atoms in total. The van der Waals surface area contributed by atoms with E-state index in [0.29, 0.717) is 36.5 Å². The number of hydrogen-bond donors (Lipinski definition) is 0. The molecule has 2 unspecified atom stereocenters. The Kier molecular flexibility index (Phi) is 6.42. The fraction of sp³-hybridized carbons (Fsp3) is 0.571. The van der Waals surface area contributed by atoms with Crippen molar-refractivity contribution in [3.63, 3.8) is 0 Å². The second-order valence-corrected chi connectivity index (χ2v) is 7.27. The monoisotopic (exact) mass is 355 g/mol. The van der Waals surface area contributed by atoms with Gasteiger partial charge in [0.1, 0.15) is 11.5 Å². The first kappa shape index (κ1) is 18.6. The first-order valence-electron chi connectivity index (χ1n) is 9.73. The van der Waals surface area contributed by atoms with Crippen molar-refractivity contribution in [2.45, 2.75) is 63.8 Å². The lowest BCUT2D eigenvalue weighted by molar-refractivity contribution is -0.105. The van der Waals surface area contributed by atoms with Gasteiger partial charge in [0.05, 0.1) is 12.6 Å². The van der Waals surface area contributed by atoms with E-state index in [1.165, 1.54) is 44.2 Å². The molecule has 2 atom stereocenters. The Morgan fingerprint density at radius 2 is 2.15 bits per heavy atom. The normalized spacial score (nSPS) is 24.8. The van der Waals surface area contributed by atoms with Crippen LogP contribution in [0.2, 0.25) is 0 Å². The van der Waals surface area contributed by atoms with E-state index in [2.05, 4.69) is 27.6 Å². The average Bonchev–Trinajstić information content (AvgIpc) is 3.08. The SMILES string of the molecule is C=NC(C=O)=C(C=CC)OCC1CCCCC1c1ccnn1C1CCC1. The lowest BCUT2D eigenvalue weighted by atomic mass is 9.77. The van der Waals surface area contributed by atoms with E-state index in [1.54, 1.807) is 6.08 Å². The summed E-state index contributed by atoms with van der Waals surface area (Å²) in [5.74, 6) is 1.40. The van der Waals surface area contributed by atoms with Crippen LogP contribution in [0, 0.1) is 5.92 Å². The van der Waals surface area contributed by atoms with Gasteiger partial charge < -0.3 is 4.74 Å². The summed E-state index contributed by atoms with van der Waals surface area (Å²) >= 11 is 0. The molecule has 0 saturated heterocycles. The fourth-order valence-electron chi connectivity index (χ4n) is 4.08. The highest BCUT2D eigenvalue weighted by molar-refractivity contribution is 5.75. The Bertz CT molecular complexity index is 675. The van der Waals surface area contributed by atoms with E-state index in [0.717, 1.165) is 6.42 Å². The van der Waals surface area contributed by atoms with Gasteiger partial charge in [0, 0.05) is 23.7 Å². The smallest absolute Gasteiger partial charge is 0.172 e. The predicted molar refractivity (Wildman–Crippen MR) is 103 cm³/mol. The van der Waals surface area contributed by atoms with Crippen LogP contribution in [0.5, 0.6) is 0 Å². The molecule has 5 heteroatoms. The van der Waals surface area contributed by atoms with Crippen LogP contribution in [-0.4, -0.2) is 29.4 Å². The van der Waals surface area contributed by atoms with Gasteiger partial charge in [-0.3, -0.25) is 14.5 Å². The van der Waals surface area contributed by atoms with Crippen molar-refractivity contribution in [1.82, 2.24) is 9.78 Å². The van der Waals surface area contributed by atoms with Crippen molar-refractivity contribution in [3.05, 3.63) is 41.6 Å². The van der Waals surface area contributed by atoms with E-state index < -0.39 is 0 Å². The van der Waals surface area contributed by atoms with Gasteiger partial charge in [-0.05, 0) is 57.9 Å². The van der Waals surface area contributed by atoms with Gasteiger partial charge in [-0.2, -0.15) is 5.10 Å². The quantitative estimate of drug-likeness (QED) is 0.225. The number of aromatic nitrogens is 2. The molecule has 0 aliphatic heterocycles. The molecular weight excluding hydrogens is 326 g/mol. The first-order valence-corrected chi connectivity index (χ1v) is 9.73. The number of aliphatic imine (C=N–C) groups is 1. The Balaban J connectivity index is 1.75. The third kappa shape index (κ3) is 3.97. The molecule has 0 bridgehead atoms. The number of rotatable bonds is 8. The first-order chi connectivity index (χ1) is 12.8. The minimum absolute atomic E-state index is 0.259. The summed E-state index contributed by atoms with van der Waals surface area (Å²) in [5, 5.41) is 4.61. The van der Waals surface area contributed by atoms with Crippen LogP contribution >= 0.6 is 0 Å². The maximum absolute atomic E-state index is 11.2. The second-order valence-electron chi connectivity index (χ2n) is 7.27. The molecule has 26 heavy (non-hydrogen) atoms. The molecule has 2 aliphatic rings. The van der Waals surface area contributed by atoms with Crippen LogP contribution in [0.3, 0.4) is 0 Å². The van der Waals surface area contributed by atoms with Crippen LogP contribution < -0.4 is 0 Å². The highest BCUT2D eigenvalue weighted by Gasteiger charge is 2.32. The van der Waals surface area contributed by atoms with Gasteiger partial charge in [-0.25, -0.2) is 0 Å². The number of carbonyl (C=O) groups excluding carboxylic acids is 1. The van der Waals surface area contributed by atoms with E-state index in [1.807, 2.05) is 19.2 Å². The minimum Gasteiger partial charge on any atom is -0.491 e. The third-order valence-electron chi connectivity index (χ3n) is 5.72. The van der Waals surface area contributed by atoms with E-state index >= 15 is 0 Å². The zero-order valence-electron chi connectivity index (χ0n) is 15.6. The molecule has 1 aromatic heterocycles. The lowest BCUT2D eigenvalue weighted by Crippen LogP contribution is -2.28. The molecule has 2 fully saturated rings. The zero-order valence-corrected chi connectivity index (χ0v) is 15.6. The molecule has 0 amide bonds. The molecular formula is C21H29N3O2. The summed E-state index contributed by atoms with van der Waals surface area (Å²) in [6.07, 6.45) is 14.9. The molecule has 0 spiro atoms. The molecule has 2 saturated carbocycles. The third-order valence-corrected chi connectivity index (χ3v) is 5.72. The Hall–Kier alpha value is -2.17. The molecule has 0 N–H and O–H groups in total. The topological polar surface area (TPSA) is 56.5 Å². The Labute approximate surface area is 155 Å². The van der Waals surface area contributed by atoms with Crippen LogP contribution in [0.25, 0.3) is 0 Å². The number of ether oxygens (including phenoxy) is 1. The second kappa shape index (κ2) is 8.97. The number of carbonyl (C=O) groups is 1. The van der Waals surface area contributed by atoms with Crippen molar-refractivity contribution in [2.24, 2.45) is 10.9 Å². The van der Waals surface area contributed by atoms with Gasteiger partial charge in [-0.1, -0.05) is 18.9 Å². The highest BCUT2D eigenvalue weighted by Crippen LogP contribution is 2.41. The molecule has 1 heterocycles. The number of nitrogens with zero attached hydrogens (tertiary/aromatic N) is 3. The van der Waals surface area contributed by atoms with Crippen molar-refractivity contribution in [2.75, 3.05) is 6.61 Å². The van der Waals surface area contributed by atoms with Crippen molar-refractivity contribution < 1.29 is 9.53 Å². The van der Waals surface area contributed by atoms with Gasteiger partial charge in [-0.15, -0.1) is 0 Å². The van der Waals surface area contributed by atoms with E-state index in [4.69, 9.17) is 4.74 Å². The largest absolute Gasteiger partial charge is 0.491 e. The number of allylic oxidation sites excluding steroid dienone is 3. The minimum atomic E-state index is 0.259. The van der Waals surface area contributed by atoms with Crippen LogP contribution in [0.1, 0.15) is 69.5 Å². The van der Waals surface area contributed by atoms with Crippen LogP contribution in [-0.2, 0) is 9.53 Å². The summed E-state index contributed by atoms with van der Waals surface area (Å²) in [6, 6.07) is 2.76. The van der Waals surface area contributed by atoms with Crippen molar-refractivity contribution in [3.8, 4) is 0 Å². The van der Waals surface area contributed by atoms with E-state index in [-0.39, 0.29) is 5.70 Å².